The number of carbonyl (C=O) groups is 1. The summed E-state index contributed by atoms with van der Waals surface area (Å²) in [5.41, 5.74) is 2.06. The average molecular weight is 360 g/mol. The molecule has 0 aliphatic carbocycles. The molecule has 0 bridgehead atoms. The van der Waals surface area contributed by atoms with Gasteiger partial charge in [0.15, 0.2) is 11.5 Å². The number of hydrogen-bond acceptors (Lipinski definition) is 3. The maximum absolute atomic E-state index is 11.1. The molecule has 0 radical (unpaired) electrons. The predicted molar refractivity (Wildman–Crippen MR) is 80.5 cm³/mol. The van der Waals surface area contributed by atoms with Crippen LogP contribution in [0.5, 0.6) is 11.5 Å². The summed E-state index contributed by atoms with van der Waals surface area (Å²) in [5, 5.41) is 0. The first kappa shape index (κ1) is 15.0. The molecule has 0 saturated heterocycles. The Balaban J connectivity index is 3.03. The van der Waals surface area contributed by atoms with E-state index in [9.17, 15) is 4.79 Å². The van der Waals surface area contributed by atoms with Crippen LogP contribution in [0.1, 0.15) is 24.5 Å². The monoisotopic (exact) mass is 360 g/mol. The molecule has 0 atom stereocenters. The van der Waals surface area contributed by atoms with Crippen molar-refractivity contribution in [2.24, 2.45) is 0 Å². The van der Waals surface area contributed by atoms with Gasteiger partial charge in [-0.15, -0.1) is 6.58 Å². The van der Waals surface area contributed by atoms with Gasteiger partial charge < -0.3 is 9.47 Å². The maximum Gasteiger partial charge on any atom is 0.308 e. The number of hydrogen-bond donors (Lipinski definition) is 0. The third-order valence-electron chi connectivity index (χ3n) is 2.28. The summed E-state index contributed by atoms with van der Waals surface area (Å²) >= 11 is 2.29. The Labute approximate surface area is 121 Å². The SMILES string of the molecule is C=CCCOc1cc(CI)cc(C)c1OC(C)=O. The van der Waals surface area contributed by atoms with Crippen molar-refractivity contribution in [2.45, 2.75) is 24.7 Å². The first-order chi connectivity index (χ1) is 8.58. The largest absolute Gasteiger partial charge is 0.489 e. The molecule has 0 fully saturated rings. The van der Waals surface area contributed by atoms with E-state index in [1.54, 1.807) is 6.08 Å². The van der Waals surface area contributed by atoms with Gasteiger partial charge in [0.25, 0.3) is 0 Å². The molecular formula is C14H17IO3. The molecule has 0 saturated carbocycles. The van der Waals surface area contributed by atoms with E-state index in [-0.39, 0.29) is 5.97 Å². The Morgan fingerprint density at radius 1 is 1.50 bits per heavy atom. The number of alkyl halides is 1. The van der Waals surface area contributed by atoms with Gasteiger partial charge in [-0.1, -0.05) is 34.7 Å². The van der Waals surface area contributed by atoms with Crippen LogP contribution >= 0.6 is 22.6 Å². The van der Waals surface area contributed by atoms with Crippen molar-refractivity contribution >= 4 is 28.6 Å². The van der Waals surface area contributed by atoms with Crippen molar-refractivity contribution in [3.63, 3.8) is 0 Å². The number of benzene rings is 1. The molecule has 1 rings (SSSR count). The summed E-state index contributed by atoms with van der Waals surface area (Å²) in [6.45, 7) is 7.48. The molecule has 1 aromatic rings. The van der Waals surface area contributed by atoms with Crippen LogP contribution < -0.4 is 9.47 Å². The molecule has 0 spiro atoms. The molecule has 4 heteroatoms. The topological polar surface area (TPSA) is 35.5 Å². The fourth-order valence-electron chi connectivity index (χ4n) is 1.52. The normalized spacial score (nSPS) is 9.94. The molecular weight excluding hydrogens is 343 g/mol. The molecule has 0 N–H and O–H groups in total. The second-order valence-corrected chi connectivity index (χ2v) is 4.66. The van der Waals surface area contributed by atoms with Crippen LogP contribution in [0.15, 0.2) is 24.8 Å². The summed E-state index contributed by atoms with van der Waals surface area (Å²) in [6, 6.07) is 3.92. The number of halogens is 1. The lowest BCUT2D eigenvalue weighted by molar-refractivity contribution is -0.132. The second-order valence-electron chi connectivity index (χ2n) is 3.89. The van der Waals surface area contributed by atoms with Crippen molar-refractivity contribution in [3.8, 4) is 11.5 Å². The van der Waals surface area contributed by atoms with Gasteiger partial charge in [0.05, 0.1) is 6.61 Å². The van der Waals surface area contributed by atoms with Crippen LogP contribution in [-0.2, 0) is 9.22 Å². The minimum atomic E-state index is -0.339. The molecule has 98 valence electrons. The van der Waals surface area contributed by atoms with Gasteiger partial charge in [0.2, 0.25) is 0 Å². The van der Waals surface area contributed by atoms with Crippen molar-refractivity contribution in [3.05, 3.63) is 35.9 Å². The lowest BCUT2D eigenvalue weighted by Gasteiger charge is -2.14. The first-order valence-electron chi connectivity index (χ1n) is 5.70. The third-order valence-corrected chi connectivity index (χ3v) is 3.16. The van der Waals surface area contributed by atoms with E-state index >= 15 is 0 Å². The number of rotatable bonds is 6. The van der Waals surface area contributed by atoms with E-state index in [4.69, 9.17) is 9.47 Å². The maximum atomic E-state index is 11.1. The fourth-order valence-corrected chi connectivity index (χ4v) is 1.97. The van der Waals surface area contributed by atoms with Gasteiger partial charge in [-0.2, -0.15) is 0 Å². The van der Waals surface area contributed by atoms with Gasteiger partial charge in [-0.3, -0.25) is 4.79 Å². The van der Waals surface area contributed by atoms with E-state index in [0.29, 0.717) is 18.1 Å². The third kappa shape index (κ3) is 4.33. The van der Waals surface area contributed by atoms with Crippen molar-refractivity contribution in [1.82, 2.24) is 0 Å². The van der Waals surface area contributed by atoms with E-state index in [0.717, 1.165) is 22.0 Å². The highest BCUT2D eigenvalue weighted by atomic mass is 127. The smallest absolute Gasteiger partial charge is 0.308 e. The molecule has 0 aliphatic rings. The van der Waals surface area contributed by atoms with Gasteiger partial charge in [-0.25, -0.2) is 0 Å². The standard InChI is InChI=1S/C14H17IO3/c1-4-5-6-17-13-8-12(9-15)7-10(2)14(13)18-11(3)16/h4,7-8H,1,5-6,9H2,2-3H3. The van der Waals surface area contributed by atoms with Crippen molar-refractivity contribution in [1.29, 1.82) is 0 Å². The van der Waals surface area contributed by atoms with E-state index in [2.05, 4.69) is 29.2 Å². The minimum absolute atomic E-state index is 0.339. The zero-order chi connectivity index (χ0) is 13.5. The Morgan fingerprint density at radius 3 is 2.78 bits per heavy atom. The number of ether oxygens (including phenoxy) is 2. The zero-order valence-corrected chi connectivity index (χ0v) is 12.8. The lowest BCUT2D eigenvalue weighted by Crippen LogP contribution is -2.06. The van der Waals surface area contributed by atoms with Gasteiger partial charge in [0, 0.05) is 11.4 Å². The Kier molecular flexibility index (Phi) is 6.18. The Morgan fingerprint density at radius 2 is 2.22 bits per heavy atom. The number of esters is 1. The highest BCUT2D eigenvalue weighted by Gasteiger charge is 2.12. The Bertz CT molecular complexity index is 441. The summed E-state index contributed by atoms with van der Waals surface area (Å²) in [6.07, 6.45) is 2.55. The van der Waals surface area contributed by atoms with Gasteiger partial charge in [-0.05, 0) is 30.5 Å². The summed E-state index contributed by atoms with van der Waals surface area (Å²) in [4.78, 5) is 11.1. The van der Waals surface area contributed by atoms with E-state index in [1.807, 2.05) is 19.1 Å². The average Bonchev–Trinajstić information content (AvgIpc) is 2.32. The minimum Gasteiger partial charge on any atom is -0.489 e. The van der Waals surface area contributed by atoms with Gasteiger partial charge >= 0.3 is 5.97 Å². The van der Waals surface area contributed by atoms with Crippen LogP contribution in [0, 0.1) is 6.92 Å². The first-order valence-corrected chi connectivity index (χ1v) is 7.22. The number of aryl methyl sites for hydroxylation is 1. The lowest BCUT2D eigenvalue weighted by atomic mass is 10.1. The summed E-state index contributed by atoms with van der Waals surface area (Å²) in [7, 11) is 0. The van der Waals surface area contributed by atoms with Crippen molar-refractivity contribution < 1.29 is 14.3 Å². The molecule has 0 aliphatic heterocycles. The molecule has 0 amide bonds. The van der Waals surface area contributed by atoms with E-state index < -0.39 is 0 Å². The van der Waals surface area contributed by atoms with Crippen molar-refractivity contribution in [2.75, 3.05) is 6.61 Å². The number of carbonyl (C=O) groups excluding carboxylic acids is 1. The zero-order valence-electron chi connectivity index (χ0n) is 10.7. The highest BCUT2D eigenvalue weighted by molar-refractivity contribution is 14.1. The van der Waals surface area contributed by atoms with Gasteiger partial charge in [0.1, 0.15) is 0 Å². The molecule has 0 aromatic heterocycles. The molecule has 0 unspecified atom stereocenters. The summed E-state index contributed by atoms with van der Waals surface area (Å²) < 4.78 is 11.7. The molecule has 18 heavy (non-hydrogen) atoms. The molecule has 3 nitrogen and oxygen atoms in total. The van der Waals surface area contributed by atoms with Crippen LogP contribution in [0.4, 0.5) is 0 Å². The Hall–Kier alpha value is -1.04. The summed E-state index contributed by atoms with van der Waals surface area (Å²) in [5.74, 6) is 0.799. The van der Waals surface area contributed by atoms with Crippen LogP contribution in [0.25, 0.3) is 0 Å². The van der Waals surface area contributed by atoms with E-state index in [1.165, 1.54) is 6.92 Å². The quantitative estimate of drug-likeness (QED) is 0.193. The molecule has 1 aromatic carbocycles. The highest BCUT2D eigenvalue weighted by Crippen LogP contribution is 2.33. The second kappa shape index (κ2) is 7.41. The molecule has 0 heterocycles. The van der Waals surface area contributed by atoms with Crippen LogP contribution in [0.2, 0.25) is 0 Å². The fraction of sp³-hybridized carbons (Fsp3) is 0.357. The van der Waals surface area contributed by atoms with Crippen LogP contribution in [0.3, 0.4) is 0 Å². The predicted octanol–water partition coefficient (Wildman–Crippen LogP) is 3.81. The van der Waals surface area contributed by atoms with Crippen LogP contribution in [-0.4, -0.2) is 12.6 Å².